The van der Waals surface area contributed by atoms with Gasteiger partial charge in [-0.1, -0.05) is 6.07 Å². The Hall–Kier alpha value is -0.670. The molecule has 0 amide bonds. The molecular formula is C14H21NOS. The minimum atomic E-state index is 0.435. The molecule has 2 atom stereocenters. The van der Waals surface area contributed by atoms with E-state index in [1.807, 2.05) is 7.11 Å². The number of rotatable bonds is 4. The van der Waals surface area contributed by atoms with Crippen molar-refractivity contribution in [3.05, 3.63) is 24.3 Å². The molecule has 94 valence electrons. The van der Waals surface area contributed by atoms with Gasteiger partial charge in [0.25, 0.3) is 0 Å². The molecule has 1 aromatic carbocycles. The van der Waals surface area contributed by atoms with Crippen molar-refractivity contribution in [2.45, 2.75) is 42.7 Å². The van der Waals surface area contributed by atoms with Gasteiger partial charge in [-0.15, -0.1) is 11.8 Å². The summed E-state index contributed by atoms with van der Waals surface area (Å²) >= 11 is 1.79. The molecule has 0 aliphatic heterocycles. The van der Waals surface area contributed by atoms with Crippen molar-refractivity contribution >= 4 is 17.4 Å². The molecule has 1 aliphatic carbocycles. The van der Waals surface area contributed by atoms with Gasteiger partial charge in [0, 0.05) is 23.7 Å². The number of methoxy groups -OCH3 is 1. The lowest BCUT2D eigenvalue weighted by Gasteiger charge is -2.29. The van der Waals surface area contributed by atoms with Gasteiger partial charge >= 0.3 is 0 Å². The van der Waals surface area contributed by atoms with Crippen molar-refractivity contribution in [2.75, 3.05) is 18.7 Å². The first-order chi connectivity index (χ1) is 8.31. The molecule has 2 rings (SSSR count). The first-order valence-electron chi connectivity index (χ1n) is 6.25. The fourth-order valence-electron chi connectivity index (χ4n) is 2.44. The maximum Gasteiger partial charge on any atom is 0.0590 e. The topological polar surface area (TPSA) is 21.3 Å². The summed E-state index contributed by atoms with van der Waals surface area (Å²) in [6.07, 6.45) is 7.40. The predicted octanol–water partition coefficient (Wildman–Crippen LogP) is 3.78. The fraction of sp³-hybridized carbons (Fsp3) is 0.571. The Morgan fingerprint density at radius 2 is 2.24 bits per heavy atom. The van der Waals surface area contributed by atoms with Gasteiger partial charge in [0.15, 0.2) is 0 Å². The van der Waals surface area contributed by atoms with E-state index in [0.29, 0.717) is 12.1 Å². The zero-order chi connectivity index (χ0) is 12.1. The fourth-order valence-corrected chi connectivity index (χ4v) is 2.90. The number of anilines is 1. The van der Waals surface area contributed by atoms with Crippen LogP contribution in [0.3, 0.4) is 0 Å². The molecule has 1 aromatic rings. The Balaban J connectivity index is 1.95. The van der Waals surface area contributed by atoms with E-state index >= 15 is 0 Å². The van der Waals surface area contributed by atoms with E-state index in [2.05, 4.69) is 35.8 Å². The zero-order valence-electron chi connectivity index (χ0n) is 10.6. The lowest BCUT2D eigenvalue weighted by Crippen LogP contribution is -2.30. The third-order valence-corrected chi connectivity index (χ3v) is 4.13. The van der Waals surface area contributed by atoms with Crippen LogP contribution in [0.1, 0.15) is 25.7 Å². The molecule has 0 spiro atoms. The average molecular weight is 251 g/mol. The summed E-state index contributed by atoms with van der Waals surface area (Å²) in [5.41, 5.74) is 1.23. The van der Waals surface area contributed by atoms with Crippen LogP contribution >= 0.6 is 11.8 Å². The van der Waals surface area contributed by atoms with Crippen molar-refractivity contribution in [3.63, 3.8) is 0 Å². The molecule has 0 heterocycles. The van der Waals surface area contributed by atoms with Crippen LogP contribution in [-0.4, -0.2) is 25.5 Å². The number of benzene rings is 1. The summed E-state index contributed by atoms with van der Waals surface area (Å²) < 4.78 is 5.46. The Morgan fingerprint density at radius 3 is 3.00 bits per heavy atom. The van der Waals surface area contributed by atoms with Crippen LogP contribution in [0.5, 0.6) is 0 Å². The monoisotopic (exact) mass is 251 g/mol. The SMILES string of the molecule is COC1CCCC(Nc2cccc(SC)c2)C1. The minimum Gasteiger partial charge on any atom is -0.382 e. The summed E-state index contributed by atoms with van der Waals surface area (Å²) in [4.78, 5) is 1.31. The Kier molecular flexibility index (Phi) is 4.75. The molecule has 1 aliphatic rings. The van der Waals surface area contributed by atoms with Crippen molar-refractivity contribution in [1.29, 1.82) is 0 Å². The first-order valence-corrected chi connectivity index (χ1v) is 7.47. The van der Waals surface area contributed by atoms with Crippen LogP contribution in [0, 0.1) is 0 Å². The molecule has 0 saturated heterocycles. The standard InChI is InChI=1S/C14H21NOS/c1-16-13-7-3-5-11(9-13)15-12-6-4-8-14(10-12)17-2/h4,6,8,10-11,13,15H,3,5,7,9H2,1-2H3. The van der Waals surface area contributed by atoms with Crippen LogP contribution in [0.4, 0.5) is 5.69 Å². The van der Waals surface area contributed by atoms with Crippen molar-refractivity contribution in [2.24, 2.45) is 0 Å². The number of hydrogen-bond acceptors (Lipinski definition) is 3. The van der Waals surface area contributed by atoms with Gasteiger partial charge in [-0.25, -0.2) is 0 Å². The van der Waals surface area contributed by atoms with Gasteiger partial charge in [0.05, 0.1) is 6.10 Å². The number of thioether (sulfide) groups is 1. The van der Waals surface area contributed by atoms with Gasteiger partial charge in [-0.2, -0.15) is 0 Å². The minimum absolute atomic E-state index is 0.435. The molecule has 0 radical (unpaired) electrons. The van der Waals surface area contributed by atoms with E-state index in [4.69, 9.17) is 4.74 Å². The summed E-state index contributed by atoms with van der Waals surface area (Å²) in [5, 5.41) is 3.63. The highest BCUT2D eigenvalue weighted by atomic mass is 32.2. The molecule has 2 unspecified atom stereocenters. The second-order valence-electron chi connectivity index (χ2n) is 4.60. The van der Waals surface area contributed by atoms with Crippen molar-refractivity contribution in [1.82, 2.24) is 0 Å². The summed E-state index contributed by atoms with van der Waals surface area (Å²) in [7, 11) is 1.82. The molecule has 0 bridgehead atoms. The van der Waals surface area contributed by atoms with E-state index < -0.39 is 0 Å². The highest BCUT2D eigenvalue weighted by Gasteiger charge is 2.21. The smallest absolute Gasteiger partial charge is 0.0590 e. The molecular weight excluding hydrogens is 230 g/mol. The van der Waals surface area contributed by atoms with Crippen LogP contribution in [0.2, 0.25) is 0 Å². The summed E-state index contributed by atoms with van der Waals surface area (Å²) in [5.74, 6) is 0. The molecule has 0 aromatic heterocycles. The molecule has 1 N–H and O–H groups in total. The van der Waals surface area contributed by atoms with E-state index in [1.165, 1.54) is 29.8 Å². The third-order valence-electron chi connectivity index (χ3n) is 3.40. The van der Waals surface area contributed by atoms with Crippen LogP contribution in [0.15, 0.2) is 29.2 Å². The van der Waals surface area contributed by atoms with E-state index in [0.717, 1.165) is 6.42 Å². The summed E-state index contributed by atoms with van der Waals surface area (Å²) in [6, 6.07) is 9.20. The highest BCUT2D eigenvalue weighted by Crippen LogP contribution is 2.25. The third kappa shape index (κ3) is 3.65. The van der Waals surface area contributed by atoms with E-state index in [-0.39, 0.29) is 0 Å². The first kappa shape index (κ1) is 12.8. The molecule has 1 saturated carbocycles. The average Bonchev–Trinajstić information content (AvgIpc) is 2.39. The van der Waals surface area contributed by atoms with Gasteiger partial charge in [-0.05, 0) is 50.1 Å². The molecule has 3 heteroatoms. The van der Waals surface area contributed by atoms with Crippen LogP contribution in [-0.2, 0) is 4.74 Å². The van der Waals surface area contributed by atoms with Crippen molar-refractivity contribution < 1.29 is 4.74 Å². The summed E-state index contributed by atoms with van der Waals surface area (Å²) in [6.45, 7) is 0. The quantitative estimate of drug-likeness (QED) is 0.823. The highest BCUT2D eigenvalue weighted by molar-refractivity contribution is 7.98. The number of nitrogens with one attached hydrogen (secondary N) is 1. The molecule has 17 heavy (non-hydrogen) atoms. The van der Waals surface area contributed by atoms with Gasteiger partial charge in [-0.3, -0.25) is 0 Å². The predicted molar refractivity (Wildman–Crippen MR) is 74.9 cm³/mol. The largest absolute Gasteiger partial charge is 0.382 e. The Labute approximate surface area is 108 Å². The maximum atomic E-state index is 5.46. The second-order valence-corrected chi connectivity index (χ2v) is 5.48. The van der Waals surface area contributed by atoms with E-state index in [9.17, 15) is 0 Å². The molecule has 1 fully saturated rings. The van der Waals surface area contributed by atoms with Crippen molar-refractivity contribution in [3.8, 4) is 0 Å². The van der Waals surface area contributed by atoms with Gasteiger partial charge < -0.3 is 10.1 Å². The lowest BCUT2D eigenvalue weighted by atomic mass is 9.92. The second kappa shape index (κ2) is 6.31. The van der Waals surface area contributed by atoms with Crippen LogP contribution in [0.25, 0.3) is 0 Å². The van der Waals surface area contributed by atoms with Gasteiger partial charge in [0.1, 0.15) is 0 Å². The van der Waals surface area contributed by atoms with E-state index in [1.54, 1.807) is 11.8 Å². The lowest BCUT2D eigenvalue weighted by molar-refractivity contribution is 0.0669. The Morgan fingerprint density at radius 1 is 1.35 bits per heavy atom. The normalized spacial score (nSPS) is 24.6. The maximum absolute atomic E-state index is 5.46. The van der Waals surface area contributed by atoms with Gasteiger partial charge in [0.2, 0.25) is 0 Å². The number of ether oxygens (including phenoxy) is 1. The Bertz CT molecular complexity index is 356. The van der Waals surface area contributed by atoms with Crippen LogP contribution < -0.4 is 5.32 Å². The zero-order valence-corrected chi connectivity index (χ0v) is 11.4. The molecule has 2 nitrogen and oxygen atoms in total. The number of hydrogen-bond donors (Lipinski definition) is 1.